The quantitative estimate of drug-likeness (QED) is 0.861. The number of aromatic nitrogens is 1. The normalized spacial score (nSPS) is 19.7. The lowest BCUT2D eigenvalue weighted by molar-refractivity contribution is -0.141. The van der Waals surface area contributed by atoms with Gasteiger partial charge in [0.25, 0.3) is 11.5 Å². The highest BCUT2D eigenvalue weighted by atomic mass is 16.4. The Morgan fingerprint density at radius 3 is 2.42 bits per heavy atom. The number of likely N-dealkylation sites (tertiary alicyclic amines) is 1. The topological polar surface area (TPSA) is 93.7 Å². The summed E-state index contributed by atoms with van der Waals surface area (Å²) in [4.78, 5) is 42.7. The zero-order valence-electron chi connectivity index (χ0n) is 14.7. The number of rotatable bonds is 4. The molecule has 7 heteroatoms. The smallest absolute Gasteiger partial charge is 0.326 e. The molecule has 0 saturated carbocycles. The van der Waals surface area contributed by atoms with Gasteiger partial charge in [-0.2, -0.15) is 0 Å². The summed E-state index contributed by atoms with van der Waals surface area (Å²) in [6.45, 7) is 0.280. The highest BCUT2D eigenvalue weighted by molar-refractivity contribution is 5.97. The maximum atomic E-state index is 12.8. The van der Waals surface area contributed by atoms with Crippen molar-refractivity contribution in [1.29, 1.82) is 0 Å². The number of likely N-dealkylation sites (N-methyl/N-ethyl adjacent to an activating group) is 1. The van der Waals surface area contributed by atoms with Crippen LogP contribution in [0, 0.1) is 0 Å². The summed E-state index contributed by atoms with van der Waals surface area (Å²) < 4.78 is 0. The molecule has 1 aromatic heterocycles. The Hall–Kier alpha value is -2.93. The lowest BCUT2D eigenvalue weighted by atomic mass is 10.1. The van der Waals surface area contributed by atoms with Crippen molar-refractivity contribution in [2.24, 2.45) is 0 Å². The van der Waals surface area contributed by atoms with E-state index in [2.05, 4.69) is 4.98 Å². The fraction of sp³-hybridized carbons (Fsp3) is 0.316. The second-order valence-corrected chi connectivity index (χ2v) is 6.65. The predicted molar refractivity (Wildman–Crippen MR) is 97.1 cm³/mol. The fourth-order valence-corrected chi connectivity index (χ4v) is 3.23. The van der Waals surface area contributed by atoms with Crippen LogP contribution in [0.4, 0.5) is 0 Å². The highest BCUT2D eigenvalue weighted by Crippen LogP contribution is 2.23. The molecule has 0 aliphatic carbocycles. The van der Waals surface area contributed by atoms with Crippen LogP contribution in [0.25, 0.3) is 11.3 Å². The third-order valence-corrected chi connectivity index (χ3v) is 4.78. The molecule has 0 bridgehead atoms. The lowest BCUT2D eigenvalue weighted by Crippen LogP contribution is -2.42. The molecular formula is C19H21N3O4. The summed E-state index contributed by atoms with van der Waals surface area (Å²) in [6.07, 6.45) is 0.341. The average Bonchev–Trinajstić information content (AvgIpc) is 3.08. The van der Waals surface area contributed by atoms with Gasteiger partial charge in [0.2, 0.25) is 0 Å². The number of carbonyl (C=O) groups is 2. The van der Waals surface area contributed by atoms with Crippen molar-refractivity contribution in [2.45, 2.75) is 18.5 Å². The van der Waals surface area contributed by atoms with Gasteiger partial charge < -0.3 is 19.9 Å². The van der Waals surface area contributed by atoms with Gasteiger partial charge in [0.05, 0.1) is 0 Å². The van der Waals surface area contributed by atoms with E-state index >= 15 is 0 Å². The summed E-state index contributed by atoms with van der Waals surface area (Å²) in [5.41, 5.74) is 0.875. The minimum atomic E-state index is -1.06. The molecular weight excluding hydrogens is 334 g/mol. The van der Waals surface area contributed by atoms with Crippen molar-refractivity contribution in [3.63, 3.8) is 0 Å². The van der Waals surface area contributed by atoms with Crippen molar-refractivity contribution < 1.29 is 14.7 Å². The molecule has 1 fully saturated rings. The molecule has 1 saturated heterocycles. The van der Waals surface area contributed by atoms with Crippen LogP contribution in [0.2, 0.25) is 0 Å². The number of carbonyl (C=O) groups excluding carboxylic acids is 1. The van der Waals surface area contributed by atoms with Crippen molar-refractivity contribution in [2.75, 3.05) is 20.6 Å². The molecule has 2 heterocycles. The fourth-order valence-electron chi connectivity index (χ4n) is 3.23. The number of nitrogens with zero attached hydrogens (tertiary/aromatic N) is 2. The summed E-state index contributed by atoms with van der Waals surface area (Å²) in [5.74, 6) is -1.61. The maximum Gasteiger partial charge on any atom is 0.326 e. The third-order valence-electron chi connectivity index (χ3n) is 4.78. The third kappa shape index (κ3) is 3.39. The van der Waals surface area contributed by atoms with Gasteiger partial charge >= 0.3 is 5.97 Å². The van der Waals surface area contributed by atoms with E-state index in [-0.39, 0.29) is 18.2 Å². The van der Waals surface area contributed by atoms with E-state index in [9.17, 15) is 19.5 Å². The number of amides is 1. The number of aliphatic carboxylic acids is 1. The molecule has 2 N–H and O–H groups in total. The summed E-state index contributed by atoms with van der Waals surface area (Å²) >= 11 is 0. The number of hydrogen-bond acceptors (Lipinski definition) is 4. The number of H-pyrrole nitrogens is 1. The van der Waals surface area contributed by atoms with Crippen LogP contribution in [0.1, 0.15) is 16.8 Å². The molecule has 1 aromatic carbocycles. The first-order valence-corrected chi connectivity index (χ1v) is 8.37. The molecule has 1 amide bonds. The first kappa shape index (κ1) is 17.9. The highest BCUT2D eigenvalue weighted by Gasteiger charge is 2.41. The Labute approximate surface area is 150 Å². The van der Waals surface area contributed by atoms with E-state index in [1.54, 1.807) is 6.07 Å². The molecule has 0 unspecified atom stereocenters. The van der Waals surface area contributed by atoms with E-state index in [0.29, 0.717) is 12.1 Å². The molecule has 2 atom stereocenters. The van der Waals surface area contributed by atoms with Gasteiger partial charge in [-0.3, -0.25) is 9.59 Å². The summed E-state index contributed by atoms with van der Waals surface area (Å²) in [5, 5.41) is 9.44. The number of pyridine rings is 1. The average molecular weight is 355 g/mol. The SMILES string of the molecule is CN(C)[C@@H]1C[C@@H](C(=O)O)N(C(=O)c2ccc(-c3ccccc3)[nH]c2=O)C1. The van der Waals surface area contributed by atoms with Crippen LogP contribution < -0.4 is 5.56 Å². The number of aromatic amines is 1. The van der Waals surface area contributed by atoms with Crippen molar-refractivity contribution in [1.82, 2.24) is 14.8 Å². The molecule has 2 aromatic rings. The first-order valence-electron chi connectivity index (χ1n) is 8.37. The van der Waals surface area contributed by atoms with Gasteiger partial charge in [0.1, 0.15) is 11.6 Å². The number of carboxylic acids is 1. The largest absolute Gasteiger partial charge is 0.480 e. The van der Waals surface area contributed by atoms with E-state index in [1.807, 2.05) is 49.3 Å². The molecule has 0 radical (unpaired) electrons. The van der Waals surface area contributed by atoms with Gasteiger partial charge in [-0.05, 0) is 38.2 Å². The Morgan fingerprint density at radius 2 is 1.85 bits per heavy atom. The van der Waals surface area contributed by atoms with Gasteiger partial charge in [-0.15, -0.1) is 0 Å². The minimum absolute atomic E-state index is 0.0460. The van der Waals surface area contributed by atoms with Crippen LogP contribution >= 0.6 is 0 Å². The first-order chi connectivity index (χ1) is 12.4. The Kier molecular flexibility index (Phi) is 4.90. The van der Waals surface area contributed by atoms with Crippen LogP contribution in [0.15, 0.2) is 47.3 Å². The molecule has 3 rings (SSSR count). The summed E-state index contributed by atoms with van der Waals surface area (Å²) in [6, 6.07) is 11.5. The second kappa shape index (κ2) is 7.13. The Balaban J connectivity index is 1.90. The molecule has 26 heavy (non-hydrogen) atoms. The van der Waals surface area contributed by atoms with Gasteiger partial charge in [0.15, 0.2) is 0 Å². The summed E-state index contributed by atoms with van der Waals surface area (Å²) in [7, 11) is 3.69. The molecule has 1 aliphatic rings. The van der Waals surface area contributed by atoms with Crippen LogP contribution in [0.3, 0.4) is 0 Å². The van der Waals surface area contributed by atoms with E-state index < -0.39 is 23.5 Å². The van der Waals surface area contributed by atoms with Gasteiger partial charge in [-0.25, -0.2) is 4.79 Å². The van der Waals surface area contributed by atoms with Crippen molar-refractivity contribution in [3.05, 3.63) is 58.4 Å². The number of hydrogen-bond donors (Lipinski definition) is 2. The molecule has 136 valence electrons. The number of nitrogens with one attached hydrogen (secondary N) is 1. The zero-order valence-corrected chi connectivity index (χ0v) is 14.7. The van der Waals surface area contributed by atoms with E-state index in [4.69, 9.17) is 0 Å². The van der Waals surface area contributed by atoms with Crippen LogP contribution in [0.5, 0.6) is 0 Å². The predicted octanol–water partition coefficient (Wildman–Crippen LogP) is 1.27. The number of carboxylic acid groups (broad SMARTS) is 1. The van der Waals surface area contributed by atoms with E-state index in [0.717, 1.165) is 5.56 Å². The molecule has 7 nitrogen and oxygen atoms in total. The second-order valence-electron chi connectivity index (χ2n) is 6.65. The maximum absolute atomic E-state index is 12.8. The number of benzene rings is 1. The van der Waals surface area contributed by atoms with Crippen LogP contribution in [-0.4, -0.2) is 64.5 Å². The van der Waals surface area contributed by atoms with Gasteiger partial charge in [0, 0.05) is 18.3 Å². The standard InChI is InChI=1S/C19H21N3O4/c1-21(2)13-10-16(19(25)26)22(11-13)18(24)14-8-9-15(20-17(14)23)12-6-4-3-5-7-12/h3-9,13,16H,10-11H2,1-2H3,(H,20,23)(H,25,26)/t13-,16+/m1/s1. The Morgan fingerprint density at radius 1 is 1.15 bits per heavy atom. The van der Waals surface area contributed by atoms with Gasteiger partial charge in [-0.1, -0.05) is 30.3 Å². The van der Waals surface area contributed by atoms with Crippen LogP contribution in [-0.2, 0) is 4.79 Å². The van der Waals surface area contributed by atoms with E-state index in [1.165, 1.54) is 11.0 Å². The Bertz CT molecular complexity index is 876. The molecule has 1 aliphatic heterocycles. The lowest BCUT2D eigenvalue weighted by Gasteiger charge is -2.22. The van der Waals surface area contributed by atoms with Crippen molar-refractivity contribution in [3.8, 4) is 11.3 Å². The molecule has 0 spiro atoms. The zero-order chi connectivity index (χ0) is 18.8. The van der Waals surface area contributed by atoms with Crippen molar-refractivity contribution >= 4 is 11.9 Å². The monoisotopic (exact) mass is 355 g/mol. The minimum Gasteiger partial charge on any atom is -0.480 e.